The van der Waals surface area contributed by atoms with Gasteiger partial charge in [0.1, 0.15) is 12.7 Å². The molecule has 2 N–H and O–H groups in total. The highest BCUT2D eigenvalue weighted by atomic mass is 16.1. The average molecular weight is 311 g/mol. The minimum absolute atomic E-state index is 0.0610. The summed E-state index contributed by atoms with van der Waals surface area (Å²) >= 11 is 0. The van der Waals surface area contributed by atoms with Crippen molar-refractivity contribution in [3.63, 3.8) is 0 Å². The third-order valence-corrected chi connectivity index (χ3v) is 4.22. The number of amides is 1. The Morgan fingerprint density at radius 1 is 1.43 bits per heavy atom. The third kappa shape index (κ3) is 2.97. The van der Waals surface area contributed by atoms with Gasteiger partial charge in [0.2, 0.25) is 0 Å². The van der Waals surface area contributed by atoms with Crippen LogP contribution in [0.2, 0.25) is 0 Å². The molecule has 2 heterocycles. The number of carbonyl (C=O) groups excluding carboxylic acids is 1. The van der Waals surface area contributed by atoms with E-state index in [9.17, 15) is 4.79 Å². The molecule has 0 aliphatic carbocycles. The molecule has 0 spiro atoms. The Balaban J connectivity index is 1.74. The number of nitrogens with zero attached hydrogens (tertiary/aromatic N) is 3. The number of aryl methyl sites for hydroxylation is 2. The van der Waals surface area contributed by atoms with E-state index in [2.05, 4.69) is 34.2 Å². The maximum atomic E-state index is 12.4. The monoisotopic (exact) mass is 311 g/mol. The van der Waals surface area contributed by atoms with Crippen molar-refractivity contribution < 1.29 is 4.79 Å². The lowest BCUT2D eigenvalue weighted by atomic mass is 10.1. The van der Waals surface area contributed by atoms with E-state index >= 15 is 0 Å². The fourth-order valence-corrected chi connectivity index (χ4v) is 2.76. The first-order valence-corrected chi connectivity index (χ1v) is 7.83. The molecule has 120 valence electrons. The molecule has 3 aromatic rings. The van der Waals surface area contributed by atoms with Gasteiger partial charge in [-0.2, -0.15) is 5.10 Å². The molecule has 0 saturated heterocycles. The first kappa shape index (κ1) is 15.3. The predicted molar refractivity (Wildman–Crippen MR) is 89.5 cm³/mol. The zero-order valence-electron chi connectivity index (χ0n) is 13.6. The quantitative estimate of drug-likeness (QED) is 0.760. The van der Waals surface area contributed by atoms with E-state index in [1.54, 1.807) is 11.0 Å². The van der Waals surface area contributed by atoms with E-state index in [0.717, 1.165) is 17.3 Å². The molecule has 0 radical (unpaired) electrons. The largest absolute Gasteiger partial charge is 0.358 e. The first-order valence-electron chi connectivity index (χ1n) is 7.83. The molecule has 0 aliphatic heterocycles. The Bertz CT molecular complexity index is 819. The number of rotatable bonds is 5. The molecule has 2 aromatic heterocycles. The maximum absolute atomic E-state index is 12.4. The molecule has 1 aromatic carbocycles. The van der Waals surface area contributed by atoms with Crippen LogP contribution >= 0.6 is 0 Å². The summed E-state index contributed by atoms with van der Waals surface area (Å²) in [5.74, 6) is -0.0717. The van der Waals surface area contributed by atoms with Crippen LogP contribution in [-0.4, -0.2) is 32.2 Å². The SMILES string of the molecule is CCc1[nH]c2ccc(C(=O)NCC(C)n3cncn3)cc2c1C. The van der Waals surface area contributed by atoms with Gasteiger partial charge in [0.05, 0.1) is 6.04 Å². The zero-order valence-corrected chi connectivity index (χ0v) is 13.6. The standard InChI is InChI=1S/C17H21N5O/c1-4-15-12(3)14-7-13(5-6-16(14)21-15)17(23)19-8-11(2)22-10-18-9-20-22/h5-7,9-11,21H,4,8H2,1-3H3,(H,19,23). The second-order valence-corrected chi connectivity index (χ2v) is 5.78. The Morgan fingerprint density at radius 2 is 2.26 bits per heavy atom. The van der Waals surface area contributed by atoms with E-state index < -0.39 is 0 Å². The molecule has 6 nitrogen and oxygen atoms in total. The summed E-state index contributed by atoms with van der Waals surface area (Å²) in [4.78, 5) is 19.7. The van der Waals surface area contributed by atoms with Crippen LogP contribution in [-0.2, 0) is 6.42 Å². The Kier molecular flexibility index (Phi) is 4.14. The molecule has 0 bridgehead atoms. The first-order chi connectivity index (χ1) is 11.1. The molecule has 0 aliphatic rings. The number of H-pyrrole nitrogens is 1. The zero-order chi connectivity index (χ0) is 16.4. The van der Waals surface area contributed by atoms with E-state index in [-0.39, 0.29) is 11.9 Å². The van der Waals surface area contributed by atoms with Gasteiger partial charge in [0.25, 0.3) is 5.91 Å². The summed E-state index contributed by atoms with van der Waals surface area (Å²) < 4.78 is 1.73. The van der Waals surface area contributed by atoms with Crippen molar-refractivity contribution in [2.24, 2.45) is 0 Å². The van der Waals surface area contributed by atoms with Crippen molar-refractivity contribution in [2.45, 2.75) is 33.2 Å². The van der Waals surface area contributed by atoms with Crippen molar-refractivity contribution in [1.29, 1.82) is 0 Å². The highest BCUT2D eigenvalue weighted by Crippen LogP contribution is 2.23. The number of aromatic nitrogens is 4. The van der Waals surface area contributed by atoms with Crippen LogP contribution in [0.4, 0.5) is 0 Å². The smallest absolute Gasteiger partial charge is 0.251 e. The summed E-state index contributed by atoms with van der Waals surface area (Å²) in [6, 6.07) is 5.84. The van der Waals surface area contributed by atoms with E-state index in [1.807, 2.05) is 25.1 Å². The molecule has 6 heteroatoms. The van der Waals surface area contributed by atoms with Crippen molar-refractivity contribution in [3.8, 4) is 0 Å². The van der Waals surface area contributed by atoms with E-state index in [1.165, 1.54) is 17.6 Å². The fourth-order valence-electron chi connectivity index (χ4n) is 2.76. The van der Waals surface area contributed by atoms with Crippen molar-refractivity contribution in [2.75, 3.05) is 6.54 Å². The van der Waals surface area contributed by atoms with Crippen molar-refractivity contribution in [1.82, 2.24) is 25.1 Å². The Morgan fingerprint density at radius 3 is 2.96 bits per heavy atom. The van der Waals surface area contributed by atoms with Gasteiger partial charge < -0.3 is 10.3 Å². The summed E-state index contributed by atoms with van der Waals surface area (Å²) in [5, 5.41) is 8.15. The van der Waals surface area contributed by atoms with Crippen LogP contribution in [0.3, 0.4) is 0 Å². The lowest BCUT2D eigenvalue weighted by Crippen LogP contribution is -2.29. The van der Waals surface area contributed by atoms with Gasteiger partial charge in [0, 0.05) is 28.7 Å². The molecular weight excluding hydrogens is 290 g/mol. The van der Waals surface area contributed by atoms with Crippen LogP contribution in [0.15, 0.2) is 30.9 Å². The number of benzene rings is 1. The highest BCUT2D eigenvalue weighted by molar-refractivity contribution is 5.99. The second kappa shape index (κ2) is 6.24. The molecule has 3 rings (SSSR count). The lowest BCUT2D eigenvalue weighted by Gasteiger charge is -2.12. The lowest BCUT2D eigenvalue weighted by molar-refractivity contribution is 0.0948. The van der Waals surface area contributed by atoms with E-state index in [4.69, 9.17) is 0 Å². The fraction of sp³-hybridized carbons (Fsp3) is 0.353. The number of hydrogen-bond donors (Lipinski definition) is 2. The minimum Gasteiger partial charge on any atom is -0.358 e. The average Bonchev–Trinajstić information content (AvgIpc) is 3.20. The highest BCUT2D eigenvalue weighted by Gasteiger charge is 2.12. The molecule has 0 saturated carbocycles. The van der Waals surface area contributed by atoms with Gasteiger partial charge >= 0.3 is 0 Å². The summed E-state index contributed by atoms with van der Waals surface area (Å²) in [5.41, 5.74) is 4.19. The predicted octanol–water partition coefficient (Wildman–Crippen LogP) is 2.62. The van der Waals surface area contributed by atoms with Crippen molar-refractivity contribution >= 4 is 16.8 Å². The normalized spacial score (nSPS) is 12.5. The number of fused-ring (bicyclic) bond motifs is 1. The number of nitrogens with one attached hydrogen (secondary N) is 2. The number of aromatic amines is 1. The Hall–Kier alpha value is -2.63. The number of hydrogen-bond acceptors (Lipinski definition) is 3. The molecule has 1 atom stereocenters. The topological polar surface area (TPSA) is 75.6 Å². The Labute approximate surface area is 134 Å². The summed E-state index contributed by atoms with van der Waals surface area (Å²) in [6.07, 6.45) is 4.10. The van der Waals surface area contributed by atoms with Gasteiger partial charge in [-0.05, 0) is 44.0 Å². The van der Waals surface area contributed by atoms with Crippen LogP contribution in [0.1, 0.15) is 41.5 Å². The summed E-state index contributed by atoms with van der Waals surface area (Å²) in [6.45, 7) is 6.71. The van der Waals surface area contributed by atoms with Crippen LogP contribution in [0.5, 0.6) is 0 Å². The van der Waals surface area contributed by atoms with Crippen LogP contribution in [0, 0.1) is 6.92 Å². The minimum atomic E-state index is -0.0717. The second-order valence-electron chi connectivity index (χ2n) is 5.78. The molecule has 23 heavy (non-hydrogen) atoms. The molecule has 0 fully saturated rings. The van der Waals surface area contributed by atoms with Gasteiger partial charge in [-0.25, -0.2) is 9.67 Å². The van der Waals surface area contributed by atoms with Crippen molar-refractivity contribution in [3.05, 3.63) is 47.7 Å². The van der Waals surface area contributed by atoms with E-state index in [0.29, 0.717) is 12.1 Å². The molecular formula is C17H21N5O. The van der Waals surface area contributed by atoms with Crippen LogP contribution in [0.25, 0.3) is 10.9 Å². The summed E-state index contributed by atoms with van der Waals surface area (Å²) in [7, 11) is 0. The van der Waals surface area contributed by atoms with Gasteiger partial charge in [0.15, 0.2) is 0 Å². The van der Waals surface area contributed by atoms with Crippen LogP contribution < -0.4 is 5.32 Å². The maximum Gasteiger partial charge on any atom is 0.251 e. The van der Waals surface area contributed by atoms with Gasteiger partial charge in [-0.1, -0.05) is 6.92 Å². The van der Waals surface area contributed by atoms with Gasteiger partial charge in [-0.3, -0.25) is 4.79 Å². The third-order valence-electron chi connectivity index (χ3n) is 4.22. The van der Waals surface area contributed by atoms with Gasteiger partial charge in [-0.15, -0.1) is 0 Å². The molecule has 1 unspecified atom stereocenters. The molecule has 1 amide bonds. The number of carbonyl (C=O) groups is 1.